The van der Waals surface area contributed by atoms with Crippen LogP contribution in [-0.2, 0) is 24.1 Å². The van der Waals surface area contributed by atoms with Crippen molar-refractivity contribution in [2.75, 3.05) is 18.6 Å². The summed E-state index contributed by atoms with van der Waals surface area (Å²) in [6.45, 7) is 0. The van der Waals surface area contributed by atoms with Gasteiger partial charge in [-0.3, -0.25) is 14.5 Å². The van der Waals surface area contributed by atoms with Crippen LogP contribution in [-0.4, -0.2) is 72.4 Å². The van der Waals surface area contributed by atoms with E-state index in [2.05, 4.69) is 35.5 Å². The van der Waals surface area contributed by atoms with Crippen molar-refractivity contribution >= 4 is 64.0 Å². The molecule has 3 aromatic heterocycles. The number of aromatic nitrogens is 4. The van der Waals surface area contributed by atoms with Crippen LogP contribution in [0.2, 0.25) is 0 Å². The molecule has 1 unspecified atom stereocenters. The molecule has 1 fully saturated rings. The molecule has 2 aliphatic rings. The van der Waals surface area contributed by atoms with Gasteiger partial charge in [0, 0.05) is 16.7 Å². The maximum Gasteiger partial charge on any atom is 0.352 e. The number of fused-ring (bicyclic) bond motifs is 1. The second-order valence-electron chi connectivity index (χ2n) is 7.61. The summed E-state index contributed by atoms with van der Waals surface area (Å²) in [7, 11) is 1.29. The van der Waals surface area contributed by atoms with Gasteiger partial charge in [-0.05, 0) is 6.07 Å². The van der Waals surface area contributed by atoms with Gasteiger partial charge in [0.05, 0.1) is 29.3 Å². The number of hydrogen-bond acceptors (Lipinski definition) is 13. The van der Waals surface area contributed by atoms with Gasteiger partial charge in [0.15, 0.2) is 21.0 Å². The number of aromatic amines is 1. The zero-order valence-electron chi connectivity index (χ0n) is 18.9. The number of nitrogens with one attached hydrogen (secondary N) is 2. The van der Waals surface area contributed by atoms with Crippen molar-refractivity contribution in [3.05, 3.63) is 40.9 Å². The van der Waals surface area contributed by atoms with E-state index >= 15 is 0 Å². The number of anilines is 1. The lowest BCUT2D eigenvalue weighted by molar-refractivity contribution is -0.146. The molecule has 5 rings (SSSR count). The topological polar surface area (TPSA) is 202 Å². The number of H-pyrrole nitrogens is 1. The Morgan fingerprint density at radius 2 is 2.35 bits per heavy atom. The van der Waals surface area contributed by atoms with Gasteiger partial charge >= 0.3 is 5.97 Å². The van der Waals surface area contributed by atoms with Crippen LogP contribution in [0, 0.1) is 0 Å². The average molecular weight is 563 g/mol. The molecule has 2 aliphatic heterocycles. The zero-order chi connectivity index (χ0) is 26.2. The lowest BCUT2D eigenvalue weighted by Crippen LogP contribution is -2.61. The summed E-state index contributed by atoms with van der Waals surface area (Å²) in [5.41, 5.74) is 6.90. The molecule has 17 heteroatoms. The van der Waals surface area contributed by atoms with E-state index in [0.717, 1.165) is 29.3 Å². The van der Waals surface area contributed by atoms with Gasteiger partial charge in [-0.15, -0.1) is 21.5 Å². The monoisotopic (exact) mass is 562 g/mol. The number of aliphatic carboxylic acids is 1. The van der Waals surface area contributed by atoms with Crippen LogP contribution in [0.25, 0.3) is 11.4 Å². The van der Waals surface area contributed by atoms with Crippen molar-refractivity contribution < 1.29 is 28.7 Å². The number of oxime groups is 1. The van der Waals surface area contributed by atoms with Gasteiger partial charge in [0.25, 0.3) is 5.91 Å². The minimum Gasteiger partial charge on any atom is -0.477 e. The molecule has 2 amide bonds. The van der Waals surface area contributed by atoms with Crippen LogP contribution >= 0.6 is 34.9 Å². The van der Waals surface area contributed by atoms with Gasteiger partial charge in [-0.25, -0.2) is 9.78 Å². The van der Waals surface area contributed by atoms with Crippen LogP contribution in [0.3, 0.4) is 0 Å². The highest BCUT2D eigenvalue weighted by molar-refractivity contribution is 8.01. The molecule has 0 aliphatic carbocycles. The number of carbonyl (C=O) groups excluding carboxylic acids is 2. The minimum atomic E-state index is -1.47. The second kappa shape index (κ2) is 9.91. The van der Waals surface area contributed by atoms with Gasteiger partial charge in [0.1, 0.15) is 25.3 Å². The smallest absolute Gasteiger partial charge is 0.352 e. The number of nitrogen functional groups attached to an aromatic ring is 1. The number of amides is 2. The summed E-state index contributed by atoms with van der Waals surface area (Å²) in [6, 6.07) is 1.71. The first-order valence-electron chi connectivity index (χ1n) is 10.5. The second-order valence-corrected chi connectivity index (χ2v) is 10.9. The number of nitrogens with two attached hydrogens (primary N) is 1. The SMILES string of the molecule is CON=CC(=O)NC1(c2csc(N)n2)S[C@H]2CC(=O)N2C(C(=O)O)=C1CSc1nnc(-c2ccoc2)[nH]1. The van der Waals surface area contributed by atoms with Crippen LogP contribution in [0.1, 0.15) is 12.1 Å². The molecule has 3 aromatic rings. The molecule has 1 saturated heterocycles. The molecule has 0 saturated carbocycles. The van der Waals surface area contributed by atoms with E-state index in [1.54, 1.807) is 11.4 Å². The van der Waals surface area contributed by atoms with Crippen LogP contribution in [0.5, 0.6) is 0 Å². The highest BCUT2D eigenvalue weighted by atomic mass is 32.2. The molecule has 5 N–H and O–H groups in total. The van der Waals surface area contributed by atoms with Gasteiger partial charge in [-0.1, -0.05) is 28.7 Å². The maximum absolute atomic E-state index is 12.9. The normalized spacial score (nSPS) is 21.2. The molecule has 0 radical (unpaired) electrons. The van der Waals surface area contributed by atoms with Gasteiger partial charge in [-0.2, -0.15) is 0 Å². The van der Waals surface area contributed by atoms with E-state index < -0.39 is 22.1 Å². The number of nitrogens with zero attached hydrogens (tertiary/aromatic N) is 5. The Bertz CT molecular complexity index is 1420. The molecule has 192 valence electrons. The van der Waals surface area contributed by atoms with E-state index in [1.165, 1.54) is 36.3 Å². The highest BCUT2D eigenvalue weighted by Crippen LogP contribution is 2.55. The first kappa shape index (κ1) is 24.8. The lowest BCUT2D eigenvalue weighted by Gasteiger charge is -2.51. The summed E-state index contributed by atoms with van der Waals surface area (Å²) < 4.78 is 5.07. The van der Waals surface area contributed by atoms with Gasteiger partial charge < -0.3 is 30.4 Å². The summed E-state index contributed by atoms with van der Waals surface area (Å²) in [6.07, 6.45) is 4.02. The molecule has 0 bridgehead atoms. The third-order valence-corrected chi connectivity index (χ3v) is 8.57. The predicted molar refractivity (Wildman–Crippen MR) is 134 cm³/mol. The molecular weight excluding hydrogens is 544 g/mol. The van der Waals surface area contributed by atoms with Crippen LogP contribution in [0.15, 0.2) is 50.0 Å². The molecule has 14 nitrogen and oxygen atoms in total. The van der Waals surface area contributed by atoms with Crippen LogP contribution < -0.4 is 11.1 Å². The number of carboxylic acids is 1. The Morgan fingerprint density at radius 3 is 3.00 bits per heavy atom. The highest BCUT2D eigenvalue weighted by Gasteiger charge is 2.56. The third kappa shape index (κ3) is 4.56. The van der Waals surface area contributed by atoms with Crippen molar-refractivity contribution in [1.29, 1.82) is 0 Å². The number of β-lactam (4-membered cyclic amide) rings is 1. The minimum absolute atomic E-state index is 0.00425. The standard InChI is InChI=1S/C20H18N8O6S3/c1-33-22-5-12(29)25-20(11-8-35-18(21)23-11)10(15(17(31)32)28-13(30)4-14(28)37-20)7-36-19-24-16(26-27-19)9-2-3-34-6-9/h2-3,5-6,8,14H,4,7H2,1H3,(H2,21,23)(H,25,29)(H,31,32)(H,24,26,27)/t14-,20?/m0/s1. The van der Waals surface area contributed by atoms with E-state index in [4.69, 9.17) is 10.2 Å². The molecule has 0 aromatic carbocycles. The molecular formula is C20H18N8O6S3. The van der Waals surface area contributed by atoms with Crippen molar-refractivity contribution in [3.8, 4) is 11.4 Å². The number of carboxylic acid groups (broad SMARTS) is 1. The maximum atomic E-state index is 12.9. The fourth-order valence-corrected chi connectivity index (χ4v) is 7.20. The molecule has 2 atom stereocenters. The Labute approximate surface area is 220 Å². The summed E-state index contributed by atoms with van der Waals surface area (Å²) in [4.78, 5) is 49.6. The summed E-state index contributed by atoms with van der Waals surface area (Å²) >= 11 is 3.48. The lowest BCUT2D eigenvalue weighted by atomic mass is 9.98. The number of thiazole rings is 1. The Morgan fingerprint density at radius 1 is 1.51 bits per heavy atom. The molecule has 5 heterocycles. The fraction of sp³-hybridized carbons (Fsp3) is 0.250. The first-order valence-corrected chi connectivity index (χ1v) is 13.2. The van der Waals surface area contributed by atoms with Crippen molar-refractivity contribution in [1.82, 2.24) is 30.4 Å². The predicted octanol–water partition coefficient (Wildman–Crippen LogP) is 1.44. The first-order chi connectivity index (χ1) is 17.8. The van der Waals surface area contributed by atoms with E-state index in [-0.39, 0.29) is 34.5 Å². The van der Waals surface area contributed by atoms with Crippen molar-refractivity contribution in [2.24, 2.45) is 5.16 Å². The largest absolute Gasteiger partial charge is 0.477 e. The summed E-state index contributed by atoms with van der Waals surface area (Å²) in [5.74, 6) is -1.85. The van der Waals surface area contributed by atoms with E-state index in [0.29, 0.717) is 22.2 Å². The average Bonchev–Trinajstić information content (AvgIpc) is 3.63. The quantitative estimate of drug-likeness (QED) is 0.127. The Balaban J connectivity index is 1.59. The van der Waals surface area contributed by atoms with Crippen molar-refractivity contribution in [2.45, 2.75) is 21.8 Å². The zero-order valence-corrected chi connectivity index (χ0v) is 21.4. The molecule has 37 heavy (non-hydrogen) atoms. The Hall–Kier alpha value is -3.83. The number of furan rings is 1. The van der Waals surface area contributed by atoms with E-state index in [9.17, 15) is 19.5 Å². The van der Waals surface area contributed by atoms with E-state index in [1.807, 2.05) is 0 Å². The van der Waals surface area contributed by atoms with Crippen molar-refractivity contribution in [3.63, 3.8) is 0 Å². The number of rotatable bonds is 9. The van der Waals surface area contributed by atoms with Gasteiger partial charge in [0.2, 0.25) is 5.91 Å². The third-order valence-electron chi connectivity index (χ3n) is 5.44. The van der Waals surface area contributed by atoms with Crippen LogP contribution in [0.4, 0.5) is 5.13 Å². The number of hydrogen-bond donors (Lipinski definition) is 4. The number of carbonyl (C=O) groups is 3. The Kier molecular flexibility index (Phi) is 6.65. The molecule has 0 spiro atoms. The summed E-state index contributed by atoms with van der Waals surface area (Å²) in [5, 5.41) is 26.5. The fourth-order valence-electron chi connectivity index (χ4n) is 3.86. The number of thioether (sulfide) groups is 2.